The number of hydrogen-bond donors (Lipinski definition) is 2. The van der Waals surface area contributed by atoms with Crippen LogP contribution in [0.15, 0.2) is 29.6 Å². The lowest BCUT2D eigenvalue weighted by Gasteiger charge is -2.24. The van der Waals surface area contributed by atoms with E-state index in [0.29, 0.717) is 17.0 Å². The van der Waals surface area contributed by atoms with Crippen LogP contribution in [0.1, 0.15) is 39.7 Å². The van der Waals surface area contributed by atoms with E-state index in [1.807, 2.05) is 0 Å². The average Bonchev–Trinajstić information content (AvgIpc) is 2.96. The van der Waals surface area contributed by atoms with Gasteiger partial charge in [-0.2, -0.15) is 0 Å². The molecule has 1 heterocycles. The molecule has 0 fully saturated rings. The average molecular weight is 302 g/mol. The molecule has 1 aromatic heterocycles. The third-order valence-electron chi connectivity index (χ3n) is 3.83. The van der Waals surface area contributed by atoms with E-state index in [-0.39, 0.29) is 11.9 Å². The topological polar surface area (TPSA) is 64.3 Å². The van der Waals surface area contributed by atoms with Crippen molar-refractivity contribution in [1.82, 2.24) is 5.32 Å². The molecular formula is C16H18N2O2S. The van der Waals surface area contributed by atoms with Crippen LogP contribution in [0, 0.1) is 0 Å². The summed E-state index contributed by atoms with van der Waals surface area (Å²) in [5, 5.41) is 5.21. The third-order valence-corrected chi connectivity index (χ3v) is 4.82. The highest BCUT2D eigenvalue weighted by molar-refractivity contribution is 7.10. The number of ether oxygens (including phenoxy) is 1. The first-order valence-corrected chi connectivity index (χ1v) is 7.87. The highest BCUT2D eigenvalue weighted by Gasteiger charge is 2.24. The number of benzene rings is 1. The van der Waals surface area contributed by atoms with Crippen molar-refractivity contribution in [1.29, 1.82) is 0 Å². The predicted octanol–water partition coefficient (Wildman–Crippen LogP) is 3.15. The van der Waals surface area contributed by atoms with Gasteiger partial charge in [0, 0.05) is 10.6 Å². The van der Waals surface area contributed by atoms with Gasteiger partial charge in [-0.1, -0.05) is 0 Å². The van der Waals surface area contributed by atoms with Gasteiger partial charge in [-0.05, 0) is 54.5 Å². The number of methoxy groups -OCH3 is 1. The Morgan fingerprint density at radius 2 is 2.29 bits per heavy atom. The molecule has 0 saturated heterocycles. The van der Waals surface area contributed by atoms with Crippen LogP contribution < -0.4 is 15.8 Å². The molecule has 0 radical (unpaired) electrons. The predicted molar refractivity (Wildman–Crippen MR) is 84.9 cm³/mol. The van der Waals surface area contributed by atoms with E-state index in [0.717, 1.165) is 19.3 Å². The largest absolute Gasteiger partial charge is 0.496 e. The van der Waals surface area contributed by atoms with Gasteiger partial charge in [-0.15, -0.1) is 11.3 Å². The number of nitrogen functional groups attached to an aromatic ring is 1. The normalized spacial score (nSPS) is 17.1. The zero-order valence-electron chi connectivity index (χ0n) is 11.9. The van der Waals surface area contributed by atoms with E-state index in [1.165, 1.54) is 10.4 Å². The lowest BCUT2D eigenvalue weighted by molar-refractivity contribution is 0.0930. The van der Waals surface area contributed by atoms with Gasteiger partial charge < -0.3 is 15.8 Å². The fourth-order valence-corrected chi connectivity index (χ4v) is 3.76. The van der Waals surface area contributed by atoms with Crippen LogP contribution in [0.5, 0.6) is 5.75 Å². The summed E-state index contributed by atoms with van der Waals surface area (Å²) < 4.78 is 5.25. The zero-order chi connectivity index (χ0) is 14.8. The minimum absolute atomic E-state index is 0.0821. The Kier molecular flexibility index (Phi) is 3.84. The van der Waals surface area contributed by atoms with Crippen molar-refractivity contribution in [3.63, 3.8) is 0 Å². The number of hydrogen-bond acceptors (Lipinski definition) is 4. The molecule has 1 aromatic carbocycles. The van der Waals surface area contributed by atoms with E-state index < -0.39 is 0 Å². The standard InChI is InChI=1S/C16H18N2O2S/c1-20-14-6-5-10(17)9-12(14)16(19)18-13-3-2-4-15-11(13)7-8-21-15/h5-9,13H,2-4,17H2,1H3,(H,18,19). The molecule has 0 aliphatic heterocycles. The second-order valence-electron chi connectivity index (χ2n) is 5.18. The summed E-state index contributed by atoms with van der Waals surface area (Å²) in [6.45, 7) is 0. The number of rotatable bonds is 3. The Labute approximate surface area is 127 Å². The Morgan fingerprint density at radius 1 is 1.43 bits per heavy atom. The molecule has 0 saturated carbocycles. The summed E-state index contributed by atoms with van der Waals surface area (Å²) in [5.74, 6) is 0.409. The first-order chi connectivity index (χ1) is 10.2. The van der Waals surface area contributed by atoms with Crippen molar-refractivity contribution >= 4 is 22.9 Å². The molecule has 3 N–H and O–H groups in total. The van der Waals surface area contributed by atoms with Crippen molar-refractivity contribution in [2.24, 2.45) is 0 Å². The molecule has 1 atom stereocenters. The molecule has 5 heteroatoms. The number of carbonyl (C=O) groups is 1. The first-order valence-electron chi connectivity index (χ1n) is 6.99. The highest BCUT2D eigenvalue weighted by Crippen LogP contribution is 2.33. The summed E-state index contributed by atoms with van der Waals surface area (Å²) >= 11 is 1.77. The van der Waals surface area contributed by atoms with Crippen molar-refractivity contribution < 1.29 is 9.53 Å². The molecule has 110 valence electrons. The maximum Gasteiger partial charge on any atom is 0.255 e. The number of amides is 1. The summed E-state index contributed by atoms with van der Waals surface area (Å²) in [6, 6.07) is 7.30. The summed E-state index contributed by atoms with van der Waals surface area (Å²) in [6.07, 6.45) is 3.19. The molecule has 1 amide bonds. The van der Waals surface area contributed by atoms with Crippen LogP contribution in [-0.2, 0) is 6.42 Å². The Morgan fingerprint density at radius 3 is 3.10 bits per heavy atom. The molecule has 1 unspecified atom stereocenters. The number of aryl methyl sites for hydroxylation is 1. The molecule has 0 bridgehead atoms. The molecule has 0 spiro atoms. The van der Waals surface area contributed by atoms with Crippen LogP contribution >= 0.6 is 11.3 Å². The first kappa shape index (κ1) is 13.9. The fraction of sp³-hybridized carbons (Fsp3) is 0.312. The maximum absolute atomic E-state index is 12.5. The van der Waals surface area contributed by atoms with E-state index in [1.54, 1.807) is 36.6 Å². The Balaban J connectivity index is 1.84. The zero-order valence-corrected chi connectivity index (χ0v) is 12.7. The quantitative estimate of drug-likeness (QED) is 0.856. The summed E-state index contributed by atoms with van der Waals surface area (Å²) in [5.41, 5.74) is 8.07. The van der Waals surface area contributed by atoms with Gasteiger partial charge in [0.1, 0.15) is 5.75 Å². The summed E-state index contributed by atoms with van der Waals surface area (Å²) in [7, 11) is 1.56. The number of carbonyl (C=O) groups excluding carboxylic acids is 1. The monoisotopic (exact) mass is 302 g/mol. The fourth-order valence-electron chi connectivity index (χ4n) is 2.78. The molecule has 21 heavy (non-hydrogen) atoms. The molecule has 2 aromatic rings. The van der Waals surface area contributed by atoms with E-state index >= 15 is 0 Å². The lowest BCUT2D eigenvalue weighted by Crippen LogP contribution is -2.30. The minimum Gasteiger partial charge on any atom is -0.496 e. The van der Waals surface area contributed by atoms with Crippen LogP contribution in [-0.4, -0.2) is 13.0 Å². The maximum atomic E-state index is 12.5. The molecular weight excluding hydrogens is 284 g/mol. The Bertz CT molecular complexity index is 666. The number of fused-ring (bicyclic) bond motifs is 1. The van der Waals surface area contributed by atoms with Crippen molar-refractivity contribution in [2.45, 2.75) is 25.3 Å². The SMILES string of the molecule is COc1ccc(N)cc1C(=O)NC1CCCc2sccc21. The van der Waals surface area contributed by atoms with E-state index in [9.17, 15) is 4.79 Å². The molecule has 3 rings (SSSR count). The van der Waals surface area contributed by atoms with Crippen molar-refractivity contribution in [2.75, 3.05) is 12.8 Å². The van der Waals surface area contributed by atoms with Gasteiger partial charge in [-0.3, -0.25) is 4.79 Å². The number of thiophene rings is 1. The number of nitrogens with two attached hydrogens (primary N) is 1. The van der Waals surface area contributed by atoms with Crippen molar-refractivity contribution in [3.05, 3.63) is 45.6 Å². The van der Waals surface area contributed by atoms with Gasteiger partial charge in [0.2, 0.25) is 0 Å². The molecule has 1 aliphatic carbocycles. The van der Waals surface area contributed by atoms with Crippen LogP contribution in [0.2, 0.25) is 0 Å². The van der Waals surface area contributed by atoms with Crippen LogP contribution in [0.25, 0.3) is 0 Å². The lowest BCUT2D eigenvalue weighted by atomic mass is 9.94. The van der Waals surface area contributed by atoms with Gasteiger partial charge in [-0.25, -0.2) is 0 Å². The van der Waals surface area contributed by atoms with Crippen molar-refractivity contribution in [3.8, 4) is 5.75 Å². The van der Waals surface area contributed by atoms with Gasteiger partial charge in [0.25, 0.3) is 5.91 Å². The Hall–Kier alpha value is -2.01. The minimum atomic E-state index is -0.136. The second-order valence-corrected chi connectivity index (χ2v) is 6.18. The molecule has 1 aliphatic rings. The van der Waals surface area contributed by atoms with Gasteiger partial charge >= 0.3 is 0 Å². The van der Waals surface area contributed by atoms with E-state index in [4.69, 9.17) is 10.5 Å². The smallest absolute Gasteiger partial charge is 0.255 e. The number of nitrogens with one attached hydrogen (secondary N) is 1. The second kappa shape index (κ2) is 5.77. The number of anilines is 1. The van der Waals surface area contributed by atoms with Crippen LogP contribution in [0.3, 0.4) is 0 Å². The summed E-state index contributed by atoms with van der Waals surface area (Å²) in [4.78, 5) is 13.9. The third kappa shape index (κ3) is 2.74. The van der Waals surface area contributed by atoms with Gasteiger partial charge in [0.05, 0.1) is 18.7 Å². The van der Waals surface area contributed by atoms with Crippen LogP contribution in [0.4, 0.5) is 5.69 Å². The van der Waals surface area contributed by atoms with E-state index in [2.05, 4.69) is 16.8 Å². The molecule has 4 nitrogen and oxygen atoms in total. The van der Waals surface area contributed by atoms with Gasteiger partial charge in [0.15, 0.2) is 0 Å². The highest BCUT2D eigenvalue weighted by atomic mass is 32.1.